The van der Waals surface area contributed by atoms with Gasteiger partial charge in [0.15, 0.2) is 0 Å². The Kier molecular flexibility index (Phi) is 3.06. The summed E-state index contributed by atoms with van der Waals surface area (Å²) in [4.78, 5) is 1.00. The summed E-state index contributed by atoms with van der Waals surface area (Å²) >= 11 is 9.99. The van der Waals surface area contributed by atoms with Crippen molar-refractivity contribution >= 4 is 51.1 Å². The van der Waals surface area contributed by atoms with Crippen LogP contribution >= 0.6 is 51.1 Å². The highest BCUT2D eigenvalue weighted by Gasteiger charge is 2.00. The van der Waals surface area contributed by atoms with Crippen molar-refractivity contribution in [2.75, 3.05) is 0 Å². The Bertz CT molecular complexity index is 237. The molecular weight excluding hydrogens is 323 g/mol. The number of hydrogen-bond acceptors (Lipinski definition) is 1. The molecule has 0 amide bonds. The first-order valence-corrected chi connectivity index (χ1v) is 5.08. The van der Waals surface area contributed by atoms with Crippen molar-refractivity contribution in [2.45, 2.75) is 11.8 Å². The average molecular weight is 329 g/mol. The SMILES string of the molecule is Cc1cc(S)c(Br)c(I)c1. The van der Waals surface area contributed by atoms with E-state index in [9.17, 15) is 0 Å². The standard InChI is InChI=1S/C7H6BrIS/c1-4-2-5(9)7(8)6(10)3-4/h2-3,10H,1H3. The largest absolute Gasteiger partial charge is 0.142 e. The molecule has 0 heterocycles. The first-order chi connectivity index (χ1) is 4.61. The summed E-state index contributed by atoms with van der Waals surface area (Å²) in [6.45, 7) is 2.06. The topological polar surface area (TPSA) is 0 Å². The summed E-state index contributed by atoms with van der Waals surface area (Å²) in [5.41, 5.74) is 1.25. The third-order valence-corrected chi connectivity index (χ3v) is 4.26. The number of hydrogen-bond donors (Lipinski definition) is 1. The van der Waals surface area contributed by atoms with E-state index >= 15 is 0 Å². The molecule has 0 aliphatic heterocycles. The molecular formula is C7H6BrIS. The van der Waals surface area contributed by atoms with Crippen LogP contribution < -0.4 is 0 Å². The lowest BCUT2D eigenvalue weighted by molar-refractivity contribution is 1.31. The fraction of sp³-hybridized carbons (Fsp3) is 0.143. The first-order valence-electron chi connectivity index (χ1n) is 2.76. The zero-order valence-corrected chi connectivity index (χ0v) is 10.00. The Balaban J connectivity index is 3.31. The van der Waals surface area contributed by atoms with Crippen LogP contribution in [0.3, 0.4) is 0 Å². The Labute approximate surface area is 88.1 Å². The van der Waals surface area contributed by atoms with Gasteiger partial charge < -0.3 is 0 Å². The van der Waals surface area contributed by atoms with Gasteiger partial charge in [-0.3, -0.25) is 0 Å². The molecule has 0 nitrogen and oxygen atoms in total. The van der Waals surface area contributed by atoms with Gasteiger partial charge in [0.1, 0.15) is 0 Å². The van der Waals surface area contributed by atoms with Crippen LogP contribution in [0.15, 0.2) is 21.5 Å². The van der Waals surface area contributed by atoms with Gasteiger partial charge >= 0.3 is 0 Å². The van der Waals surface area contributed by atoms with E-state index in [0.717, 1.165) is 9.37 Å². The van der Waals surface area contributed by atoms with E-state index in [0.29, 0.717) is 0 Å². The number of halogens is 2. The van der Waals surface area contributed by atoms with Gasteiger partial charge in [0, 0.05) is 12.9 Å². The second-order valence-corrected chi connectivity index (χ2v) is 4.52. The highest BCUT2D eigenvalue weighted by Crippen LogP contribution is 2.27. The molecule has 0 spiro atoms. The lowest BCUT2D eigenvalue weighted by Gasteiger charge is -2.00. The van der Waals surface area contributed by atoms with E-state index in [1.807, 2.05) is 6.07 Å². The summed E-state index contributed by atoms with van der Waals surface area (Å²) in [5.74, 6) is 0. The van der Waals surface area contributed by atoms with E-state index in [-0.39, 0.29) is 0 Å². The second-order valence-electron chi connectivity index (χ2n) is 2.08. The van der Waals surface area contributed by atoms with E-state index in [2.05, 4.69) is 64.1 Å². The second kappa shape index (κ2) is 3.45. The van der Waals surface area contributed by atoms with Crippen LogP contribution in [0.5, 0.6) is 0 Å². The fourth-order valence-corrected chi connectivity index (χ4v) is 2.25. The average Bonchev–Trinajstić information content (AvgIpc) is 1.82. The van der Waals surface area contributed by atoms with Crippen molar-refractivity contribution in [3.63, 3.8) is 0 Å². The summed E-state index contributed by atoms with van der Waals surface area (Å²) in [7, 11) is 0. The van der Waals surface area contributed by atoms with Crippen molar-refractivity contribution in [3.8, 4) is 0 Å². The molecule has 0 aromatic heterocycles. The maximum absolute atomic E-state index is 4.29. The number of thiol groups is 1. The first kappa shape index (κ1) is 8.87. The molecule has 0 unspecified atom stereocenters. The van der Waals surface area contributed by atoms with Crippen molar-refractivity contribution in [1.29, 1.82) is 0 Å². The quantitative estimate of drug-likeness (QED) is 0.545. The summed E-state index contributed by atoms with van der Waals surface area (Å²) in [6.07, 6.45) is 0. The van der Waals surface area contributed by atoms with E-state index in [4.69, 9.17) is 0 Å². The monoisotopic (exact) mass is 328 g/mol. The molecule has 0 atom stereocenters. The third-order valence-electron chi connectivity index (χ3n) is 1.15. The van der Waals surface area contributed by atoms with Gasteiger partial charge in [0.2, 0.25) is 0 Å². The van der Waals surface area contributed by atoms with Crippen LogP contribution in [0, 0.1) is 10.5 Å². The van der Waals surface area contributed by atoms with Gasteiger partial charge in [-0.2, -0.15) is 0 Å². The summed E-state index contributed by atoms with van der Waals surface area (Å²) in [6, 6.07) is 4.15. The van der Waals surface area contributed by atoms with Gasteiger partial charge in [-0.15, -0.1) is 12.6 Å². The molecule has 10 heavy (non-hydrogen) atoms. The molecule has 0 aliphatic rings. The minimum absolute atomic E-state index is 1.00. The lowest BCUT2D eigenvalue weighted by atomic mass is 10.2. The molecule has 0 radical (unpaired) electrons. The van der Waals surface area contributed by atoms with Crippen LogP contribution in [0.25, 0.3) is 0 Å². The molecule has 1 aromatic rings. The van der Waals surface area contributed by atoms with Gasteiger partial charge in [-0.1, -0.05) is 0 Å². The maximum atomic E-state index is 4.29. The molecule has 0 N–H and O–H groups in total. The Hall–Kier alpha value is 0.780. The van der Waals surface area contributed by atoms with E-state index in [1.54, 1.807) is 0 Å². The van der Waals surface area contributed by atoms with Gasteiger partial charge in [-0.05, 0) is 63.1 Å². The maximum Gasteiger partial charge on any atom is 0.0442 e. The molecule has 0 saturated heterocycles. The van der Waals surface area contributed by atoms with Gasteiger partial charge in [-0.25, -0.2) is 0 Å². The zero-order valence-electron chi connectivity index (χ0n) is 5.36. The molecule has 0 bridgehead atoms. The van der Waals surface area contributed by atoms with Crippen LogP contribution in [0.1, 0.15) is 5.56 Å². The van der Waals surface area contributed by atoms with E-state index in [1.165, 1.54) is 9.13 Å². The predicted octanol–water partition coefficient (Wildman–Crippen LogP) is 3.65. The highest BCUT2D eigenvalue weighted by molar-refractivity contribution is 14.1. The summed E-state index contributed by atoms with van der Waals surface area (Å²) < 4.78 is 2.30. The molecule has 54 valence electrons. The van der Waals surface area contributed by atoms with Crippen molar-refractivity contribution in [2.24, 2.45) is 0 Å². The molecule has 0 aliphatic carbocycles. The highest BCUT2D eigenvalue weighted by atomic mass is 127. The Morgan fingerprint density at radius 3 is 2.60 bits per heavy atom. The van der Waals surface area contributed by atoms with Gasteiger partial charge in [0.05, 0.1) is 0 Å². The minimum Gasteiger partial charge on any atom is -0.142 e. The van der Waals surface area contributed by atoms with Crippen molar-refractivity contribution < 1.29 is 0 Å². The number of aryl methyl sites for hydroxylation is 1. The van der Waals surface area contributed by atoms with Crippen molar-refractivity contribution in [3.05, 3.63) is 25.7 Å². The molecule has 3 heteroatoms. The van der Waals surface area contributed by atoms with Crippen molar-refractivity contribution in [1.82, 2.24) is 0 Å². The molecule has 1 rings (SSSR count). The van der Waals surface area contributed by atoms with Crippen LogP contribution in [-0.4, -0.2) is 0 Å². The Morgan fingerprint density at radius 2 is 2.10 bits per heavy atom. The zero-order chi connectivity index (χ0) is 7.72. The van der Waals surface area contributed by atoms with Gasteiger partial charge in [0.25, 0.3) is 0 Å². The van der Waals surface area contributed by atoms with Crippen LogP contribution in [-0.2, 0) is 0 Å². The normalized spacial score (nSPS) is 10.0. The molecule has 0 fully saturated rings. The van der Waals surface area contributed by atoms with E-state index < -0.39 is 0 Å². The number of rotatable bonds is 0. The molecule has 0 saturated carbocycles. The molecule has 1 aromatic carbocycles. The number of benzene rings is 1. The Morgan fingerprint density at radius 1 is 1.50 bits per heavy atom. The lowest BCUT2D eigenvalue weighted by Crippen LogP contribution is -1.79. The van der Waals surface area contributed by atoms with Crippen LogP contribution in [0.4, 0.5) is 0 Å². The smallest absolute Gasteiger partial charge is 0.0442 e. The fourth-order valence-electron chi connectivity index (χ4n) is 0.706. The van der Waals surface area contributed by atoms with Crippen LogP contribution in [0.2, 0.25) is 0 Å². The summed E-state index contributed by atoms with van der Waals surface area (Å²) in [5, 5.41) is 0. The minimum atomic E-state index is 1.00. The third kappa shape index (κ3) is 1.89. The predicted molar refractivity (Wildman–Crippen MR) is 58.8 cm³/mol.